The van der Waals surface area contributed by atoms with Gasteiger partial charge in [0.25, 0.3) is 0 Å². The molecule has 2 aromatic rings. The van der Waals surface area contributed by atoms with Gasteiger partial charge in [0.2, 0.25) is 10.0 Å². The molecule has 0 aliphatic heterocycles. The van der Waals surface area contributed by atoms with Crippen LogP contribution in [0.5, 0.6) is 0 Å². The molecule has 4 nitrogen and oxygen atoms in total. The lowest BCUT2D eigenvalue weighted by molar-refractivity contribution is 0.303. The number of benzene rings is 1. The Hall–Kier alpha value is -0.730. The summed E-state index contributed by atoms with van der Waals surface area (Å²) in [5, 5.41) is 2.00. The zero-order valence-corrected chi connectivity index (χ0v) is 15.9. The summed E-state index contributed by atoms with van der Waals surface area (Å²) in [7, 11) is 0.382. The number of thiophene rings is 1. The van der Waals surface area contributed by atoms with Gasteiger partial charge in [-0.25, -0.2) is 13.1 Å². The molecule has 7 heteroatoms. The first kappa shape index (κ1) is 17.6. The molecule has 0 saturated carbocycles. The average molecular weight is 403 g/mol. The largest absolute Gasteiger partial charge is 0.300 e. The number of sulfonamides is 1. The fourth-order valence-corrected chi connectivity index (χ4v) is 4.37. The molecule has 120 valence electrons. The summed E-state index contributed by atoms with van der Waals surface area (Å²) in [6.07, 6.45) is 0. The molecule has 1 aromatic carbocycles. The first-order valence-corrected chi connectivity index (χ1v) is 9.92. The van der Waals surface area contributed by atoms with Crippen molar-refractivity contribution in [3.63, 3.8) is 0 Å². The summed E-state index contributed by atoms with van der Waals surface area (Å²) < 4.78 is 28.5. The monoisotopic (exact) mass is 402 g/mol. The molecule has 0 saturated heterocycles. The number of nitrogens with one attached hydrogen (secondary N) is 1. The van der Waals surface area contributed by atoms with E-state index in [4.69, 9.17) is 0 Å². The van der Waals surface area contributed by atoms with E-state index >= 15 is 0 Å². The minimum Gasteiger partial charge on any atom is -0.300 e. The first-order chi connectivity index (χ1) is 10.3. The van der Waals surface area contributed by atoms with E-state index in [1.807, 2.05) is 43.4 Å². The summed E-state index contributed by atoms with van der Waals surface area (Å²) in [6, 6.07) is 9.05. The van der Waals surface area contributed by atoms with E-state index in [0.29, 0.717) is 6.54 Å². The minimum absolute atomic E-state index is 0.0197. The van der Waals surface area contributed by atoms with E-state index in [-0.39, 0.29) is 10.9 Å². The SMILES string of the molecule is Cc1cc(S(=O)(=O)NC[C@@H](c2cccs2)N(C)C)ccc1Br. The highest BCUT2D eigenvalue weighted by Gasteiger charge is 2.20. The van der Waals surface area contributed by atoms with E-state index in [2.05, 4.69) is 20.7 Å². The van der Waals surface area contributed by atoms with E-state index in [0.717, 1.165) is 14.9 Å². The summed E-state index contributed by atoms with van der Waals surface area (Å²) in [6.45, 7) is 2.21. The van der Waals surface area contributed by atoms with Gasteiger partial charge in [-0.1, -0.05) is 22.0 Å². The number of hydrogen-bond donors (Lipinski definition) is 1. The minimum atomic E-state index is -3.51. The summed E-state index contributed by atoms with van der Waals surface area (Å²) >= 11 is 5.01. The molecule has 1 heterocycles. The van der Waals surface area contributed by atoms with Crippen LogP contribution >= 0.6 is 27.3 Å². The van der Waals surface area contributed by atoms with Crippen LogP contribution in [-0.4, -0.2) is 34.0 Å². The van der Waals surface area contributed by atoms with Crippen molar-refractivity contribution in [1.82, 2.24) is 9.62 Å². The standard InChI is InChI=1S/C15H19BrN2O2S2/c1-11-9-12(6-7-13(11)16)22(19,20)17-10-14(18(2)3)15-5-4-8-21-15/h4-9,14,17H,10H2,1-3H3/t14-/m0/s1. The van der Waals surface area contributed by atoms with Crippen molar-refractivity contribution in [3.05, 3.63) is 50.6 Å². The van der Waals surface area contributed by atoms with Gasteiger partial charge >= 0.3 is 0 Å². The molecular formula is C15H19BrN2O2S2. The summed E-state index contributed by atoms with van der Waals surface area (Å²) in [5.41, 5.74) is 0.894. The first-order valence-electron chi connectivity index (χ1n) is 6.77. The highest BCUT2D eigenvalue weighted by Crippen LogP contribution is 2.24. The lowest BCUT2D eigenvalue weighted by Gasteiger charge is -2.23. The number of hydrogen-bond acceptors (Lipinski definition) is 4. The molecule has 1 atom stereocenters. The zero-order valence-electron chi connectivity index (χ0n) is 12.7. The van der Waals surface area contributed by atoms with E-state index in [9.17, 15) is 8.42 Å². The Kier molecular flexibility index (Phi) is 5.79. The van der Waals surface area contributed by atoms with Crippen LogP contribution in [-0.2, 0) is 10.0 Å². The molecule has 0 aliphatic rings. The van der Waals surface area contributed by atoms with Crippen molar-refractivity contribution in [2.24, 2.45) is 0 Å². The Morgan fingerprint density at radius 3 is 2.59 bits per heavy atom. The van der Waals surface area contributed by atoms with Gasteiger partial charge in [-0.3, -0.25) is 0 Å². The van der Waals surface area contributed by atoms with Crippen molar-refractivity contribution in [2.45, 2.75) is 17.9 Å². The Balaban J connectivity index is 2.16. The van der Waals surface area contributed by atoms with Gasteiger partial charge in [0.05, 0.1) is 10.9 Å². The van der Waals surface area contributed by atoms with Gasteiger partial charge < -0.3 is 4.90 Å². The second-order valence-electron chi connectivity index (χ2n) is 5.26. The van der Waals surface area contributed by atoms with Crippen molar-refractivity contribution in [1.29, 1.82) is 0 Å². The average Bonchev–Trinajstić information content (AvgIpc) is 2.95. The molecule has 0 bridgehead atoms. The van der Waals surface area contributed by atoms with Crippen molar-refractivity contribution >= 4 is 37.3 Å². The molecule has 0 fully saturated rings. The molecule has 1 N–H and O–H groups in total. The highest BCUT2D eigenvalue weighted by atomic mass is 79.9. The Morgan fingerprint density at radius 2 is 2.05 bits per heavy atom. The topological polar surface area (TPSA) is 49.4 Å². The van der Waals surface area contributed by atoms with Gasteiger partial charge in [-0.2, -0.15) is 0 Å². The van der Waals surface area contributed by atoms with Crippen LogP contribution < -0.4 is 4.72 Å². The fourth-order valence-electron chi connectivity index (χ4n) is 2.07. The van der Waals surface area contributed by atoms with Gasteiger partial charge in [0.1, 0.15) is 0 Å². The van der Waals surface area contributed by atoms with Crippen LogP contribution in [0.2, 0.25) is 0 Å². The molecule has 0 amide bonds. The molecule has 0 aliphatic carbocycles. The Labute approximate surface area is 144 Å². The number of rotatable bonds is 6. The van der Waals surface area contributed by atoms with Gasteiger partial charge in [0, 0.05) is 15.9 Å². The third-order valence-electron chi connectivity index (χ3n) is 3.40. The maximum absolute atomic E-state index is 12.5. The Bertz CT molecular complexity index is 728. The lowest BCUT2D eigenvalue weighted by Crippen LogP contribution is -2.34. The molecule has 1 aromatic heterocycles. The Morgan fingerprint density at radius 1 is 1.32 bits per heavy atom. The summed E-state index contributed by atoms with van der Waals surface area (Å²) in [4.78, 5) is 3.44. The third-order valence-corrected chi connectivity index (χ3v) is 6.69. The van der Waals surface area contributed by atoms with E-state index in [1.54, 1.807) is 29.5 Å². The van der Waals surface area contributed by atoms with Crippen LogP contribution in [0, 0.1) is 6.92 Å². The van der Waals surface area contributed by atoms with Crippen LogP contribution in [0.15, 0.2) is 45.1 Å². The van der Waals surface area contributed by atoms with Crippen LogP contribution in [0.4, 0.5) is 0 Å². The fraction of sp³-hybridized carbons (Fsp3) is 0.333. The van der Waals surface area contributed by atoms with Gasteiger partial charge in [0.15, 0.2) is 0 Å². The van der Waals surface area contributed by atoms with Crippen LogP contribution in [0.25, 0.3) is 0 Å². The molecular weight excluding hydrogens is 384 g/mol. The number of nitrogens with zero attached hydrogens (tertiary/aromatic N) is 1. The van der Waals surface area contributed by atoms with Crippen LogP contribution in [0.1, 0.15) is 16.5 Å². The maximum Gasteiger partial charge on any atom is 0.240 e. The number of likely N-dealkylation sites (N-methyl/N-ethyl adjacent to an activating group) is 1. The normalized spacial score (nSPS) is 13.5. The van der Waals surface area contributed by atoms with Gasteiger partial charge in [-0.05, 0) is 56.2 Å². The second-order valence-corrected chi connectivity index (χ2v) is 8.86. The molecule has 0 spiro atoms. The van der Waals surface area contributed by atoms with Gasteiger partial charge in [-0.15, -0.1) is 11.3 Å². The maximum atomic E-state index is 12.5. The van der Waals surface area contributed by atoms with Crippen molar-refractivity contribution in [2.75, 3.05) is 20.6 Å². The summed E-state index contributed by atoms with van der Waals surface area (Å²) in [5.74, 6) is 0. The highest BCUT2D eigenvalue weighted by molar-refractivity contribution is 9.10. The van der Waals surface area contributed by atoms with Crippen molar-refractivity contribution < 1.29 is 8.42 Å². The molecule has 0 radical (unpaired) electrons. The second kappa shape index (κ2) is 7.23. The predicted octanol–water partition coefficient (Wildman–Crippen LogP) is 3.40. The zero-order chi connectivity index (χ0) is 16.3. The van der Waals surface area contributed by atoms with E-state index in [1.165, 1.54) is 0 Å². The smallest absolute Gasteiger partial charge is 0.240 e. The van der Waals surface area contributed by atoms with E-state index < -0.39 is 10.0 Å². The van der Waals surface area contributed by atoms with Crippen molar-refractivity contribution in [3.8, 4) is 0 Å². The molecule has 2 rings (SSSR count). The third kappa shape index (κ3) is 4.17. The number of aryl methyl sites for hydroxylation is 1. The predicted molar refractivity (Wildman–Crippen MR) is 94.8 cm³/mol. The lowest BCUT2D eigenvalue weighted by atomic mass is 10.2. The van der Waals surface area contributed by atoms with Crippen LogP contribution in [0.3, 0.4) is 0 Å². The quantitative estimate of drug-likeness (QED) is 0.805. The molecule has 0 unspecified atom stereocenters. The number of halogens is 1. The molecule has 22 heavy (non-hydrogen) atoms.